The second kappa shape index (κ2) is 8.81. The van der Waals surface area contributed by atoms with Gasteiger partial charge in [0.05, 0.1) is 23.6 Å². The number of rotatable bonds is 7. The zero-order chi connectivity index (χ0) is 19.3. The third kappa shape index (κ3) is 5.05. The maximum Gasteiger partial charge on any atom is 0.183 e. The van der Waals surface area contributed by atoms with Gasteiger partial charge in [-0.3, -0.25) is 4.79 Å². The van der Waals surface area contributed by atoms with Crippen LogP contribution < -0.4 is 4.90 Å². The summed E-state index contributed by atoms with van der Waals surface area (Å²) in [6, 6.07) is 9.58. The summed E-state index contributed by atoms with van der Waals surface area (Å²) in [5.41, 5.74) is 2.67. The summed E-state index contributed by atoms with van der Waals surface area (Å²) in [4.78, 5) is 20.7. The topological polar surface area (TPSA) is 35.9 Å². The van der Waals surface area contributed by atoms with E-state index in [1.807, 2.05) is 25.8 Å². The predicted octanol–water partition coefficient (Wildman–Crippen LogP) is 4.72. The standard InChI is InChI=1S/C20H23ClFN3O/c1-5-24(3)13-23-19-11-18(21)17(9-14(19)2)20(26)12-25(4)16-8-6-7-15(22)10-16/h6-11,13H,5,12H2,1-4H3. The Balaban J connectivity index is 2.19. The van der Waals surface area contributed by atoms with Crippen molar-refractivity contribution in [1.29, 1.82) is 0 Å². The lowest BCUT2D eigenvalue weighted by Gasteiger charge is -2.19. The molecule has 0 aliphatic carbocycles. The zero-order valence-corrected chi connectivity index (χ0v) is 16.2. The van der Waals surface area contributed by atoms with E-state index in [1.165, 1.54) is 12.1 Å². The van der Waals surface area contributed by atoms with Crippen molar-refractivity contribution in [2.75, 3.05) is 32.1 Å². The number of hydrogen-bond acceptors (Lipinski definition) is 3. The van der Waals surface area contributed by atoms with Crippen LogP contribution in [-0.2, 0) is 0 Å². The number of ketones is 1. The van der Waals surface area contributed by atoms with Gasteiger partial charge in [0.1, 0.15) is 5.82 Å². The lowest BCUT2D eigenvalue weighted by molar-refractivity contribution is 0.100. The van der Waals surface area contributed by atoms with Crippen LogP contribution >= 0.6 is 11.6 Å². The molecular formula is C20H23ClFN3O. The number of benzene rings is 2. The van der Waals surface area contributed by atoms with Gasteiger partial charge in [0.2, 0.25) is 0 Å². The molecule has 0 aliphatic heterocycles. The van der Waals surface area contributed by atoms with E-state index in [9.17, 15) is 9.18 Å². The monoisotopic (exact) mass is 375 g/mol. The van der Waals surface area contributed by atoms with Crippen molar-refractivity contribution in [2.24, 2.45) is 4.99 Å². The Morgan fingerprint density at radius 2 is 2.00 bits per heavy atom. The molecule has 0 saturated carbocycles. The van der Waals surface area contributed by atoms with E-state index in [-0.39, 0.29) is 18.1 Å². The van der Waals surface area contributed by atoms with Crippen LogP contribution in [0.5, 0.6) is 0 Å². The fourth-order valence-corrected chi connectivity index (χ4v) is 2.63. The van der Waals surface area contributed by atoms with E-state index in [4.69, 9.17) is 11.6 Å². The molecule has 0 aromatic heterocycles. The van der Waals surface area contributed by atoms with Crippen LogP contribution in [0.1, 0.15) is 22.8 Å². The molecule has 0 aliphatic rings. The number of carbonyl (C=O) groups is 1. The number of halogens is 2. The van der Waals surface area contributed by atoms with Crippen LogP contribution in [0.2, 0.25) is 5.02 Å². The van der Waals surface area contributed by atoms with E-state index in [1.54, 1.807) is 42.6 Å². The molecule has 2 aromatic carbocycles. The molecule has 26 heavy (non-hydrogen) atoms. The number of aryl methyl sites for hydroxylation is 1. The molecule has 0 radical (unpaired) electrons. The van der Waals surface area contributed by atoms with Crippen LogP contribution in [0.15, 0.2) is 41.4 Å². The van der Waals surface area contributed by atoms with Gasteiger partial charge in [0, 0.05) is 31.9 Å². The van der Waals surface area contributed by atoms with E-state index in [2.05, 4.69) is 4.99 Å². The Bertz CT molecular complexity index is 823. The number of hydrogen-bond donors (Lipinski definition) is 0. The van der Waals surface area contributed by atoms with E-state index in [0.29, 0.717) is 16.3 Å². The second-order valence-electron chi connectivity index (χ2n) is 6.20. The van der Waals surface area contributed by atoms with Crippen molar-refractivity contribution >= 4 is 35.1 Å². The fourth-order valence-electron chi connectivity index (χ4n) is 2.37. The number of likely N-dealkylation sites (N-methyl/N-ethyl adjacent to an activating group) is 1. The molecule has 138 valence electrons. The molecule has 0 heterocycles. The minimum atomic E-state index is -0.338. The Hall–Kier alpha value is -2.40. The second-order valence-corrected chi connectivity index (χ2v) is 6.60. The van der Waals surface area contributed by atoms with Crippen LogP contribution in [0.3, 0.4) is 0 Å². The SMILES string of the molecule is CCN(C)C=Nc1cc(Cl)c(C(=O)CN(C)c2cccc(F)c2)cc1C. The maximum atomic E-state index is 13.4. The van der Waals surface area contributed by atoms with Crippen LogP contribution in [0, 0.1) is 12.7 Å². The molecule has 0 saturated heterocycles. The van der Waals surface area contributed by atoms with Gasteiger partial charge in [-0.15, -0.1) is 0 Å². The maximum absolute atomic E-state index is 13.4. The highest BCUT2D eigenvalue weighted by Crippen LogP contribution is 2.28. The van der Waals surface area contributed by atoms with Gasteiger partial charge in [-0.25, -0.2) is 9.38 Å². The highest BCUT2D eigenvalue weighted by Gasteiger charge is 2.15. The first-order chi connectivity index (χ1) is 12.3. The average Bonchev–Trinajstić information content (AvgIpc) is 2.61. The first-order valence-corrected chi connectivity index (χ1v) is 8.74. The summed E-state index contributed by atoms with van der Waals surface area (Å²) in [7, 11) is 3.67. The predicted molar refractivity (Wildman–Crippen MR) is 107 cm³/mol. The Kier molecular flexibility index (Phi) is 6.75. The van der Waals surface area contributed by atoms with E-state index < -0.39 is 0 Å². The molecule has 0 fully saturated rings. The van der Waals surface area contributed by atoms with Crippen LogP contribution in [0.25, 0.3) is 0 Å². The molecule has 0 atom stereocenters. The first kappa shape index (κ1) is 19.9. The van der Waals surface area contributed by atoms with Crippen molar-refractivity contribution in [3.63, 3.8) is 0 Å². The summed E-state index contributed by atoms with van der Waals surface area (Å²) in [5, 5.41) is 0.361. The van der Waals surface area contributed by atoms with Crippen molar-refractivity contribution in [2.45, 2.75) is 13.8 Å². The average molecular weight is 376 g/mol. The smallest absolute Gasteiger partial charge is 0.183 e. The number of Topliss-reactive ketones (excluding diaryl/α,β-unsaturated/α-hetero) is 1. The van der Waals surface area contributed by atoms with Crippen molar-refractivity contribution in [1.82, 2.24) is 4.90 Å². The van der Waals surface area contributed by atoms with Crippen LogP contribution in [0.4, 0.5) is 15.8 Å². The van der Waals surface area contributed by atoms with Gasteiger partial charge in [-0.1, -0.05) is 17.7 Å². The number of nitrogens with zero attached hydrogens (tertiary/aromatic N) is 3. The fraction of sp³-hybridized carbons (Fsp3) is 0.300. The Morgan fingerprint density at radius 3 is 2.65 bits per heavy atom. The molecule has 0 spiro atoms. The van der Waals surface area contributed by atoms with Gasteiger partial charge in [-0.2, -0.15) is 0 Å². The summed E-state index contributed by atoms with van der Waals surface area (Å²) in [5.74, 6) is -0.471. The summed E-state index contributed by atoms with van der Waals surface area (Å²) in [6.45, 7) is 4.87. The largest absolute Gasteiger partial charge is 0.367 e. The first-order valence-electron chi connectivity index (χ1n) is 8.36. The van der Waals surface area contributed by atoms with Crippen molar-refractivity contribution < 1.29 is 9.18 Å². The minimum Gasteiger partial charge on any atom is -0.367 e. The Labute approximate surface area is 158 Å². The number of carbonyl (C=O) groups excluding carboxylic acids is 1. The quantitative estimate of drug-likeness (QED) is 0.399. The summed E-state index contributed by atoms with van der Waals surface area (Å²) < 4.78 is 13.4. The van der Waals surface area contributed by atoms with Gasteiger partial charge in [-0.05, 0) is 49.7 Å². The van der Waals surface area contributed by atoms with E-state index in [0.717, 1.165) is 17.8 Å². The molecule has 0 amide bonds. The molecule has 4 nitrogen and oxygen atoms in total. The molecule has 6 heteroatoms. The van der Waals surface area contributed by atoms with Gasteiger partial charge >= 0.3 is 0 Å². The van der Waals surface area contributed by atoms with E-state index >= 15 is 0 Å². The number of anilines is 1. The lowest BCUT2D eigenvalue weighted by Crippen LogP contribution is -2.26. The zero-order valence-electron chi connectivity index (χ0n) is 15.5. The van der Waals surface area contributed by atoms with Gasteiger partial charge < -0.3 is 9.80 Å². The molecule has 0 N–H and O–H groups in total. The third-order valence-corrected chi connectivity index (χ3v) is 4.42. The Morgan fingerprint density at radius 1 is 1.27 bits per heavy atom. The van der Waals surface area contributed by atoms with Crippen molar-refractivity contribution in [3.8, 4) is 0 Å². The third-order valence-electron chi connectivity index (χ3n) is 4.11. The molecule has 2 rings (SSSR count). The van der Waals surface area contributed by atoms with Gasteiger partial charge in [0.15, 0.2) is 5.78 Å². The van der Waals surface area contributed by atoms with Crippen molar-refractivity contribution in [3.05, 3.63) is 58.4 Å². The lowest BCUT2D eigenvalue weighted by atomic mass is 10.1. The molecule has 2 aromatic rings. The highest BCUT2D eigenvalue weighted by molar-refractivity contribution is 6.34. The summed E-state index contributed by atoms with van der Waals surface area (Å²) in [6.07, 6.45) is 1.73. The molecule has 0 unspecified atom stereocenters. The number of aliphatic imine (C=N–C) groups is 1. The molecular weight excluding hydrogens is 353 g/mol. The minimum absolute atomic E-state index is 0.101. The molecule has 0 bridgehead atoms. The normalized spacial score (nSPS) is 11.0. The van der Waals surface area contributed by atoms with Crippen LogP contribution in [-0.4, -0.2) is 44.2 Å². The van der Waals surface area contributed by atoms with Gasteiger partial charge in [0.25, 0.3) is 0 Å². The summed E-state index contributed by atoms with van der Waals surface area (Å²) >= 11 is 6.31. The highest BCUT2D eigenvalue weighted by atomic mass is 35.5.